The summed E-state index contributed by atoms with van der Waals surface area (Å²) in [6.07, 6.45) is 3.74. The van der Waals surface area contributed by atoms with Gasteiger partial charge in [0.05, 0.1) is 26.2 Å². The van der Waals surface area contributed by atoms with Crippen molar-refractivity contribution in [3.05, 3.63) is 59.4 Å². The van der Waals surface area contributed by atoms with E-state index in [9.17, 15) is 0 Å². The number of aryl methyl sites for hydroxylation is 2. The first-order valence-corrected chi connectivity index (χ1v) is 8.88. The number of benzene rings is 1. The zero-order chi connectivity index (χ0) is 16.9. The minimum atomic E-state index is 0.836. The van der Waals surface area contributed by atoms with Crippen LogP contribution in [0.5, 0.6) is 0 Å². The molecule has 0 saturated carbocycles. The summed E-state index contributed by atoms with van der Waals surface area (Å²) in [4.78, 5) is 7.97. The van der Waals surface area contributed by atoms with E-state index in [1.54, 1.807) is 4.90 Å². The number of nitrogens with zero attached hydrogens (tertiary/aromatic N) is 2. The molecule has 1 aromatic heterocycles. The maximum absolute atomic E-state index is 5.61. The van der Waals surface area contributed by atoms with Gasteiger partial charge >= 0.3 is 0 Å². The third-order valence-corrected chi connectivity index (χ3v) is 4.79. The molecule has 2 heterocycles. The van der Waals surface area contributed by atoms with Crippen molar-refractivity contribution >= 4 is 23.0 Å². The Kier molecular flexibility index (Phi) is 5.43. The zero-order valence-electron chi connectivity index (χ0n) is 14.4. The number of piperazine rings is 1. The van der Waals surface area contributed by atoms with Gasteiger partial charge in [-0.2, -0.15) is 0 Å². The summed E-state index contributed by atoms with van der Waals surface area (Å²) in [5, 5.41) is 4.23. The van der Waals surface area contributed by atoms with Crippen molar-refractivity contribution in [1.29, 1.82) is 0 Å². The Hall–Kier alpha value is -1.98. The molecule has 1 aliphatic rings. The Labute approximate surface area is 149 Å². The molecule has 5 heteroatoms. The van der Waals surface area contributed by atoms with Crippen molar-refractivity contribution in [2.45, 2.75) is 20.4 Å². The van der Waals surface area contributed by atoms with Gasteiger partial charge in [0.1, 0.15) is 6.54 Å². The summed E-state index contributed by atoms with van der Waals surface area (Å²) in [5.74, 6) is 0. The molecular formula is C19H25N4S+. The van der Waals surface area contributed by atoms with Crippen molar-refractivity contribution in [2.24, 2.45) is 0 Å². The summed E-state index contributed by atoms with van der Waals surface area (Å²) in [6, 6.07) is 10.7. The smallest absolute Gasteiger partial charge is 0.173 e. The molecule has 0 aliphatic carbocycles. The molecule has 2 N–H and O–H groups in total. The number of aromatic nitrogens is 1. The van der Waals surface area contributed by atoms with Crippen molar-refractivity contribution in [3.63, 3.8) is 0 Å². The average molecular weight is 342 g/mol. The van der Waals surface area contributed by atoms with Crippen molar-refractivity contribution in [1.82, 2.24) is 9.88 Å². The monoisotopic (exact) mass is 341 g/mol. The number of hydrogen-bond donors (Lipinski definition) is 2. The van der Waals surface area contributed by atoms with Gasteiger partial charge in [-0.25, -0.2) is 0 Å². The maximum atomic E-state index is 5.61. The highest BCUT2D eigenvalue weighted by Crippen LogP contribution is 2.14. The highest BCUT2D eigenvalue weighted by atomic mass is 32.1. The lowest BCUT2D eigenvalue weighted by Gasteiger charge is -2.34. The van der Waals surface area contributed by atoms with Crippen LogP contribution >= 0.6 is 12.2 Å². The van der Waals surface area contributed by atoms with E-state index in [0.29, 0.717) is 0 Å². The molecule has 0 atom stereocenters. The lowest BCUT2D eigenvalue weighted by atomic mass is 10.1. The third-order valence-electron chi connectivity index (χ3n) is 4.43. The fraction of sp³-hybridized carbons (Fsp3) is 0.368. The fourth-order valence-electron chi connectivity index (χ4n) is 3.24. The van der Waals surface area contributed by atoms with Crippen LogP contribution < -0.4 is 10.2 Å². The Balaban J connectivity index is 1.51. The van der Waals surface area contributed by atoms with Crippen LogP contribution in [0.25, 0.3) is 0 Å². The number of hydrogen-bond acceptors (Lipinski definition) is 2. The molecular weight excluding hydrogens is 316 g/mol. The van der Waals surface area contributed by atoms with Gasteiger partial charge in [-0.3, -0.25) is 4.98 Å². The predicted molar refractivity (Wildman–Crippen MR) is 102 cm³/mol. The van der Waals surface area contributed by atoms with E-state index in [1.165, 1.54) is 16.7 Å². The van der Waals surface area contributed by atoms with E-state index in [4.69, 9.17) is 12.2 Å². The molecule has 0 spiro atoms. The number of quaternary nitrogens is 1. The molecule has 1 aromatic carbocycles. The first-order chi connectivity index (χ1) is 11.6. The molecule has 1 fully saturated rings. The van der Waals surface area contributed by atoms with Gasteiger partial charge in [-0.05, 0) is 61.5 Å². The van der Waals surface area contributed by atoms with Gasteiger partial charge in [0.25, 0.3) is 0 Å². The number of anilines is 1. The van der Waals surface area contributed by atoms with Crippen LogP contribution in [-0.4, -0.2) is 41.2 Å². The van der Waals surface area contributed by atoms with Crippen LogP contribution in [0.4, 0.5) is 5.69 Å². The Bertz CT molecular complexity index is 674. The summed E-state index contributed by atoms with van der Waals surface area (Å²) in [6.45, 7) is 9.50. The van der Waals surface area contributed by atoms with Gasteiger partial charge < -0.3 is 15.1 Å². The van der Waals surface area contributed by atoms with Gasteiger partial charge in [0, 0.05) is 23.6 Å². The molecule has 4 nitrogen and oxygen atoms in total. The average Bonchev–Trinajstić information content (AvgIpc) is 2.55. The van der Waals surface area contributed by atoms with E-state index in [0.717, 1.165) is 43.5 Å². The van der Waals surface area contributed by atoms with Crippen molar-refractivity contribution in [2.75, 3.05) is 31.5 Å². The maximum Gasteiger partial charge on any atom is 0.173 e. The molecule has 3 rings (SSSR count). The lowest BCUT2D eigenvalue weighted by Crippen LogP contribution is -3.13. The Morgan fingerprint density at radius 3 is 2.38 bits per heavy atom. The topological polar surface area (TPSA) is 32.6 Å². The zero-order valence-corrected chi connectivity index (χ0v) is 15.2. The van der Waals surface area contributed by atoms with E-state index in [1.807, 2.05) is 12.4 Å². The normalized spacial score (nSPS) is 15.3. The number of rotatable bonds is 3. The van der Waals surface area contributed by atoms with Crippen LogP contribution in [0.2, 0.25) is 0 Å². The molecule has 2 aromatic rings. The van der Waals surface area contributed by atoms with Crippen molar-refractivity contribution < 1.29 is 4.90 Å². The van der Waals surface area contributed by atoms with Gasteiger partial charge in [-0.15, -0.1) is 0 Å². The second-order valence-corrected chi connectivity index (χ2v) is 6.96. The molecule has 0 amide bonds. The molecule has 0 bridgehead atoms. The second kappa shape index (κ2) is 7.73. The molecule has 1 saturated heterocycles. The quantitative estimate of drug-likeness (QED) is 0.834. The van der Waals surface area contributed by atoms with Gasteiger partial charge in [-0.1, -0.05) is 6.07 Å². The second-order valence-electron chi connectivity index (χ2n) is 6.58. The first kappa shape index (κ1) is 16.9. The first-order valence-electron chi connectivity index (χ1n) is 8.47. The van der Waals surface area contributed by atoms with E-state index in [2.05, 4.69) is 59.4 Å². The molecule has 126 valence electrons. The summed E-state index contributed by atoms with van der Waals surface area (Å²) < 4.78 is 0. The predicted octanol–water partition coefficient (Wildman–Crippen LogP) is 1.80. The Morgan fingerprint density at radius 2 is 1.75 bits per heavy atom. The van der Waals surface area contributed by atoms with Crippen molar-refractivity contribution in [3.8, 4) is 0 Å². The third kappa shape index (κ3) is 4.52. The largest absolute Gasteiger partial charge is 0.338 e. The van der Waals surface area contributed by atoms with Crippen LogP contribution in [0.15, 0.2) is 42.7 Å². The fourth-order valence-corrected chi connectivity index (χ4v) is 3.54. The number of nitrogens with one attached hydrogen (secondary N) is 2. The summed E-state index contributed by atoms with van der Waals surface area (Å²) >= 11 is 5.61. The van der Waals surface area contributed by atoms with Gasteiger partial charge in [0.15, 0.2) is 5.11 Å². The lowest BCUT2D eigenvalue weighted by molar-refractivity contribution is -0.917. The highest BCUT2D eigenvalue weighted by Gasteiger charge is 2.21. The van der Waals surface area contributed by atoms with E-state index >= 15 is 0 Å². The Morgan fingerprint density at radius 1 is 1.12 bits per heavy atom. The number of thiocarbonyl (C=S) groups is 1. The van der Waals surface area contributed by atoms with Crippen LogP contribution in [0.1, 0.15) is 16.7 Å². The van der Waals surface area contributed by atoms with Crippen LogP contribution in [0.3, 0.4) is 0 Å². The number of pyridine rings is 1. The minimum absolute atomic E-state index is 0.836. The van der Waals surface area contributed by atoms with Crippen LogP contribution in [0, 0.1) is 13.8 Å². The molecule has 0 unspecified atom stereocenters. The van der Waals surface area contributed by atoms with E-state index in [-0.39, 0.29) is 0 Å². The highest BCUT2D eigenvalue weighted by molar-refractivity contribution is 7.80. The van der Waals surface area contributed by atoms with Crippen LogP contribution in [-0.2, 0) is 6.54 Å². The van der Waals surface area contributed by atoms with E-state index < -0.39 is 0 Å². The van der Waals surface area contributed by atoms with Gasteiger partial charge in [0.2, 0.25) is 0 Å². The summed E-state index contributed by atoms with van der Waals surface area (Å²) in [7, 11) is 0. The molecule has 1 aliphatic heterocycles. The standard InChI is InChI=1S/C19H24N4S/c1-15-11-16(2)13-18(12-15)21-19(24)23-9-7-22(8-10-23)14-17-3-5-20-6-4-17/h3-6,11-13H,7-10,14H2,1-2H3,(H,21,24)/p+1. The molecule has 0 radical (unpaired) electrons. The summed E-state index contributed by atoms with van der Waals surface area (Å²) in [5.41, 5.74) is 4.95. The molecule has 24 heavy (non-hydrogen) atoms. The SMILES string of the molecule is Cc1cc(C)cc(NC(=S)N2CC[NH+](Cc3ccncc3)CC2)c1. The minimum Gasteiger partial charge on any atom is -0.338 e.